The number of rotatable bonds is 1. The fourth-order valence-electron chi connectivity index (χ4n) is 3.36. The smallest absolute Gasteiger partial charge is 0.253 e. The van der Waals surface area contributed by atoms with E-state index in [2.05, 4.69) is 19.2 Å². The number of benzene rings is 1. The zero-order valence-electron chi connectivity index (χ0n) is 12.0. The number of hydrogen-bond donors (Lipinski definition) is 1. The first-order chi connectivity index (χ1) is 9.52. The molecule has 1 fully saturated rings. The van der Waals surface area contributed by atoms with E-state index in [4.69, 9.17) is 0 Å². The predicted molar refractivity (Wildman–Crippen MR) is 77.6 cm³/mol. The zero-order valence-corrected chi connectivity index (χ0v) is 12.0. The van der Waals surface area contributed by atoms with Crippen molar-refractivity contribution in [1.82, 2.24) is 4.90 Å². The molecule has 0 bridgehead atoms. The Labute approximate surface area is 119 Å². The molecule has 106 valence electrons. The van der Waals surface area contributed by atoms with Gasteiger partial charge in [-0.15, -0.1) is 0 Å². The van der Waals surface area contributed by atoms with Crippen LogP contribution in [0.4, 0.5) is 5.69 Å². The van der Waals surface area contributed by atoms with Crippen molar-refractivity contribution in [1.29, 1.82) is 0 Å². The van der Waals surface area contributed by atoms with E-state index in [9.17, 15) is 9.59 Å². The van der Waals surface area contributed by atoms with Gasteiger partial charge in [0.2, 0.25) is 5.91 Å². The molecule has 0 aromatic heterocycles. The van der Waals surface area contributed by atoms with Crippen LogP contribution in [-0.2, 0) is 11.2 Å². The quantitative estimate of drug-likeness (QED) is 0.852. The Hall–Kier alpha value is -1.84. The topological polar surface area (TPSA) is 49.4 Å². The minimum atomic E-state index is 0.00446. The Morgan fingerprint density at radius 1 is 1.25 bits per heavy atom. The molecule has 0 spiro atoms. The molecule has 0 aliphatic carbocycles. The van der Waals surface area contributed by atoms with Gasteiger partial charge in [-0.05, 0) is 36.0 Å². The van der Waals surface area contributed by atoms with Crippen LogP contribution in [-0.4, -0.2) is 29.8 Å². The average Bonchev–Trinajstić information content (AvgIpc) is 2.75. The monoisotopic (exact) mass is 272 g/mol. The van der Waals surface area contributed by atoms with Gasteiger partial charge in [-0.1, -0.05) is 19.9 Å². The van der Waals surface area contributed by atoms with Crippen LogP contribution in [0.3, 0.4) is 0 Å². The van der Waals surface area contributed by atoms with E-state index in [1.165, 1.54) is 6.42 Å². The highest BCUT2D eigenvalue weighted by molar-refractivity contribution is 6.02. The summed E-state index contributed by atoms with van der Waals surface area (Å²) >= 11 is 0. The number of anilines is 1. The molecular weight excluding hydrogens is 252 g/mol. The van der Waals surface area contributed by atoms with Crippen molar-refractivity contribution < 1.29 is 9.59 Å². The molecule has 4 heteroatoms. The highest BCUT2D eigenvalue weighted by Gasteiger charge is 2.27. The normalized spacial score (nSPS) is 25.3. The van der Waals surface area contributed by atoms with Crippen LogP contribution < -0.4 is 5.32 Å². The predicted octanol–water partition coefficient (Wildman–Crippen LogP) is 2.30. The summed E-state index contributed by atoms with van der Waals surface area (Å²) < 4.78 is 0. The van der Waals surface area contributed by atoms with Crippen molar-refractivity contribution in [3.05, 3.63) is 29.3 Å². The molecule has 20 heavy (non-hydrogen) atoms. The second-order valence-electron chi connectivity index (χ2n) is 6.25. The first-order valence-electron chi connectivity index (χ1n) is 7.25. The SMILES string of the molecule is CC1CC(C)CN(C(=O)c2ccc3c(c2)NC(=O)C3)C1. The fraction of sp³-hybridized carbons (Fsp3) is 0.500. The van der Waals surface area contributed by atoms with E-state index in [0.29, 0.717) is 23.8 Å². The van der Waals surface area contributed by atoms with Gasteiger partial charge in [-0.25, -0.2) is 0 Å². The number of nitrogens with one attached hydrogen (secondary N) is 1. The summed E-state index contributed by atoms with van der Waals surface area (Å²) in [6.45, 7) is 6.04. The van der Waals surface area contributed by atoms with Gasteiger partial charge < -0.3 is 10.2 Å². The third-order valence-electron chi connectivity index (χ3n) is 4.14. The van der Waals surface area contributed by atoms with Crippen LogP contribution in [0.25, 0.3) is 0 Å². The molecular formula is C16H20N2O2. The lowest BCUT2D eigenvalue weighted by molar-refractivity contribution is -0.115. The lowest BCUT2D eigenvalue weighted by atomic mass is 9.91. The Bertz CT molecular complexity index is 558. The summed E-state index contributed by atoms with van der Waals surface area (Å²) in [6.07, 6.45) is 1.60. The number of carbonyl (C=O) groups is 2. The van der Waals surface area contributed by atoms with Crippen molar-refractivity contribution in [3.8, 4) is 0 Å². The van der Waals surface area contributed by atoms with E-state index in [0.717, 1.165) is 24.3 Å². The molecule has 2 amide bonds. The van der Waals surface area contributed by atoms with Crippen LogP contribution in [0.5, 0.6) is 0 Å². The maximum absolute atomic E-state index is 12.6. The lowest BCUT2D eigenvalue weighted by Gasteiger charge is -2.35. The molecule has 2 aliphatic rings. The number of carbonyl (C=O) groups excluding carboxylic acids is 2. The highest BCUT2D eigenvalue weighted by atomic mass is 16.2. The van der Waals surface area contributed by atoms with Crippen LogP contribution in [0.15, 0.2) is 18.2 Å². The van der Waals surface area contributed by atoms with Gasteiger partial charge in [0.05, 0.1) is 6.42 Å². The largest absolute Gasteiger partial charge is 0.338 e. The summed E-state index contributed by atoms with van der Waals surface area (Å²) in [4.78, 5) is 25.9. The van der Waals surface area contributed by atoms with Crippen molar-refractivity contribution in [2.45, 2.75) is 26.7 Å². The van der Waals surface area contributed by atoms with Crippen LogP contribution in [0.1, 0.15) is 36.2 Å². The van der Waals surface area contributed by atoms with Crippen LogP contribution in [0, 0.1) is 11.8 Å². The minimum Gasteiger partial charge on any atom is -0.338 e. The summed E-state index contributed by atoms with van der Waals surface area (Å²) in [5.41, 5.74) is 2.44. The molecule has 2 atom stereocenters. The zero-order chi connectivity index (χ0) is 14.3. The maximum atomic E-state index is 12.6. The third kappa shape index (κ3) is 2.42. The number of likely N-dealkylation sites (tertiary alicyclic amines) is 1. The van der Waals surface area contributed by atoms with E-state index in [-0.39, 0.29) is 11.8 Å². The van der Waals surface area contributed by atoms with E-state index >= 15 is 0 Å². The summed E-state index contributed by atoms with van der Waals surface area (Å²) in [6, 6.07) is 5.54. The second-order valence-corrected chi connectivity index (χ2v) is 6.25. The molecule has 0 radical (unpaired) electrons. The van der Waals surface area contributed by atoms with Crippen molar-refractivity contribution in [2.75, 3.05) is 18.4 Å². The van der Waals surface area contributed by atoms with Crippen molar-refractivity contribution in [3.63, 3.8) is 0 Å². The van der Waals surface area contributed by atoms with Crippen molar-refractivity contribution in [2.24, 2.45) is 11.8 Å². The second kappa shape index (κ2) is 4.93. The van der Waals surface area contributed by atoms with E-state index in [1.807, 2.05) is 23.1 Å². The summed E-state index contributed by atoms with van der Waals surface area (Å²) in [5, 5.41) is 2.80. The molecule has 1 saturated heterocycles. The van der Waals surface area contributed by atoms with Gasteiger partial charge in [-0.3, -0.25) is 9.59 Å². The third-order valence-corrected chi connectivity index (χ3v) is 4.14. The molecule has 1 N–H and O–H groups in total. The Morgan fingerprint density at radius 3 is 2.65 bits per heavy atom. The number of hydrogen-bond acceptors (Lipinski definition) is 2. The lowest BCUT2D eigenvalue weighted by Crippen LogP contribution is -2.42. The molecule has 2 unspecified atom stereocenters. The first kappa shape index (κ1) is 13.2. The standard InChI is InChI=1S/C16H20N2O2/c1-10-5-11(2)9-18(8-10)16(20)13-4-3-12-7-15(19)17-14(12)6-13/h3-4,6,10-11H,5,7-9H2,1-2H3,(H,17,19). The number of piperidine rings is 1. The number of nitrogens with zero attached hydrogens (tertiary/aromatic N) is 1. The van der Waals surface area contributed by atoms with Gasteiger partial charge in [0.25, 0.3) is 5.91 Å². The van der Waals surface area contributed by atoms with Crippen LogP contribution in [0.2, 0.25) is 0 Å². The molecule has 1 aromatic rings. The molecule has 1 aromatic carbocycles. The van der Waals surface area contributed by atoms with Crippen molar-refractivity contribution >= 4 is 17.5 Å². The van der Waals surface area contributed by atoms with E-state index in [1.54, 1.807) is 0 Å². The Morgan fingerprint density at radius 2 is 1.95 bits per heavy atom. The summed E-state index contributed by atoms with van der Waals surface area (Å²) in [7, 11) is 0. The molecule has 2 aliphatic heterocycles. The van der Waals surface area contributed by atoms with Gasteiger partial charge in [0, 0.05) is 24.3 Å². The average molecular weight is 272 g/mol. The minimum absolute atomic E-state index is 0.00446. The molecule has 3 rings (SSSR count). The number of fused-ring (bicyclic) bond motifs is 1. The molecule has 4 nitrogen and oxygen atoms in total. The van der Waals surface area contributed by atoms with Gasteiger partial charge in [0.1, 0.15) is 0 Å². The van der Waals surface area contributed by atoms with E-state index < -0.39 is 0 Å². The van der Waals surface area contributed by atoms with Crippen LogP contribution >= 0.6 is 0 Å². The Kier molecular flexibility index (Phi) is 3.24. The maximum Gasteiger partial charge on any atom is 0.253 e. The van der Waals surface area contributed by atoms with Gasteiger partial charge >= 0.3 is 0 Å². The fourth-order valence-corrected chi connectivity index (χ4v) is 3.36. The van der Waals surface area contributed by atoms with Gasteiger partial charge in [-0.2, -0.15) is 0 Å². The Balaban J connectivity index is 1.81. The highest BCUT2D eigenvalue weighted by Crippen LogP contribution is 2.27. The first-order valence-corrected chi connectivity index (χ1v) is 7.25. The molecule has 2 heterocycles. The summed E-state index contributed by atoms with van der Waals surface area (Å²) in [5.74, 6) is 1.19. The molecule has 0 saturated carbocycles. The van der Waals surface area contributed by atoms with Gasteiger partial charge in [0.15, 0.2) is 0 Å². The number of amides is 2.